The number of halogens is 1. The molecule has 0 aromatic carbocycles. The van der Waals surface area contributed by atoms with Gasteiger partial charge in [-0.1, -0.05) is 12.8 Å². The van der Waals surface area contributed by atoms with E-state index in [4.69, 9.17) is 11.5 Å². The van der Waals surface area contributed by atoms with Gasteiger partial charge in [-0.25, -0.2) is 0 Å². The standard InChI is InChI=1S/C13H23N3.ClH/c14-12(15)16-8-13-5-9-1-2-10(6-13)4-11(3-9)7-13;/h9-11H,1-8H2,(H4,14,15,16);1H. The minimum absolute atomic E-state index is 0. The van der Waals surface area contributed by atoms with Gasteiger partial charge in [0.2, 0.25) is 0 Å². The summed E-state index contributed by atoms with van der Waals surface area (Å²) in [4.78, 5) is 4.33. The molecule has 4 rings (SSSR count). The van der Waals surface area contributed by atoms with Crippen LogP contribution in [0.3, 0.4) is 0 Å². The van der Waals surface area contributed by atoms with Crippen LogP contribution in [0.25, 0.3) is 0 Å². The first-order chi connectivity index (χ1) is 7.65. The van der Waals surface area contributed by atoms with Gasteiger partial charge in [-0.15, -0.1) is 12.4 Å². The Hall–Kier alpha value is -0.440. The third kappa shape index (κ3) is 2.54. The van der Waals surface area contributed by atoms with Gasteiger partial charge in [0.15, 0.2) is 5.96 Å². The molecule has 2 atom stereocenters. The van der Waals surface area contributed by atoms with E-state index in [1.54, 1.807) is 0 Å². The van der Waals surface area contributed by atoms with Crippen LogP contribution in [-0.2, 0) is 0 Å². The fourth-order valence-corrected chi connectivity index (χ4v) is 4.82. The Morgan fingerprint density at radius 2 is 1.53 bits per heavy atom. The predicted molar refractivity (Wildman–Crippen MR) is 73.1 cm³/mol. The summed E-state index contributed by atoms with van der Waals surface area (Å²) in [6, 6.07) is 0. The fourth-order valence-electron chi connectivity index (χ4n) is 4.82. The van der Waals surface area contributed by atoms with E-state index in [2.05, 4.69) is 4.99 Å². The summed E-state index contributed by atoms with van der Waals surface area (Å²) in [6.07, 6.45) is 10.1. The van der Waals surface area contributed by atoms with Gasteiger partial charge in [-0.3, -0.25) is 4.99 Å². The lowest BCUT2D eigenvalue weighted by atomic mass is 9.58. The highest BCUT2D eigenvalue weighted by Gasteiger charge is 2.48. The molecule has 0 saturated heterocycles. The maximum Gasteiger partial charge on any atom is 0.185 e. The molecule has 0 amide bonds. The second-order valence-corrected chi connectivity index (χ2v) is 6.50. The molecule has 4 saturated carbocycles. The molecular weight excluding hydrogens is 234 g/mol. The van der Waals surface area contributed by atoms with Crippen molar-refractivity contribution in [2.45, 2.75) is 44.9 Å². The normalized spacial score (nSPS) is 42.7. The first-order valence-corrected chi connectivity index (χ1v) is 6.71. The quantitative estimate of drug-likeness (QED) is 0.589. The van der Waals surface area contributed by atoms with Crippen LogP contribution < -0.4 is 11.5 Å². The SMILES string of the molecule is Cl.NC(N)=NCC12CC3CCC(CC(C3)C1)C2. The molecule has 4 bridgehead atoms. The zero-order chi connectivity index (χ0) is 11.2. The molecule has 0 aliphatic heterocycles. The molecule has 4 aliphatic rings. The van der Waals surface area contributed by atoms with E-state index >= 15 is 0 Å². The van der Waals surface area contributed by atoms with Gasteiger partial charge in [-0.2, -0.15) is 0 Å². The number of aliphatic imine (C=N–C) groups is 1. The van der Waals surface area contributed by atoms with E-state index < -0.39 is 0 Å². The van der Waals surface area contributed by atoms with Crippen LogP contribution in [0.15, 0.2) is 4.99 Å². The van der Waals surface area contributed by atoms with Crippen LogP contribution in [-0.4, -0.2) is 12.5 Å². The van der Waals surface area contributed by atoms with E-state index in [1.165, 1.54) is 44.9 Å². The maximum atomic E-state index is 5.49. The maximum absolute atomic E-state index is 5.49. The molecule has 4 fully saturated rings. The molecule has 0 aromatic rings. The number of fused-ring (bicyclic) bond motifs is 1. The van der Waals surface area contributed by atoms with Crippen molar-refractivity contribution in [3.8, 4) is 0 Å². The summed E-state index contributed by atoms with van der Waals surface area (Å²) in [5.74, 6) is 3.20. The van der Waals surface area contributed by atoms with Gasteiger partial charge in [0.25, 0.3) is 0 Å². The molecule has 98 valence electrons. The molecule has 2 unspecified atom stereocenters. The molecule has 17 heavy (non-hydrogen) atoms. The van der Waals surface area contributed by atoms with Crippen molar-refractivity contribution in [1.82, 2.24) is 0 Å². The Labute approximate surface area is 110 Å². The Morgan fingerprint density at radius 3 is 2.06 bits per heavy atom. The van der Waals surface area contributed by atoms with Crippen LogP contribution in [0.4, 0.5) is 0 Å². The van der Waals surface area contributed by atoms with Crippen molar-refractivity contribution in [3.63, 3.8) is 0 Å². The van der Waals surface area contributed by atoms with Gasteiger partial charge in [0, 0.05) is 6.54 Å². The summed E-state index contributed by atoms with van der Waals surface area (Å²) >= 11 is 0. The molecule has 4 heteroatoms. The number of nitrogens with zero attached hydrogens (tertiary/aromatic N) is 1. The minimum Gasteiger partial charge on any atom is -0.370 e. The van der Waals surface area contributed by atoms with Gasteiger partial charge >= 0.3 is 0 Å². The second kappa shape index (κ2) is 4.68. The molecule has 0 aromatic heterocycles. The summed E-state index contributed by atoms with van der Waals surface area (Å²) in [5.41, 5.74) is 11.4. The highest BCUT2D eigenvalue weighted by atomic mass is 35.5. The Balaban J connectivity index is 0.00000108. The third-order valence-corrected chi connectivity index (χ3v) is 5.08. The van der Waals surface area contributed by atoms with E-state index in [0.717, 1.165) is 24.3 Å². The average molecular weight is 258 g/mol. The number of guanidine groups is 1. The number of nitrogens with two attached hydrogens (primary N) is 2. The Morgan fingerprint density at radius 1 is 1.00 bits per heavy atom. The number of rotatable bonds is 2. The van der Waals surface area contributed by atoms with E-state index in [1.807, 2.05) is 0 Å². The lowest BCUT2D eigenvalue weighted by Crippen LogP contribution is -2.40. The van der Waals surface area contributed by atoms with Crippen LogP contribution in [0.5, 0.6) is 0 Å². The van der Waals surface area contributed by atoms with Crippen LogP contribution in [0, 0.1) is 23.2 Å². The summed E-state index contributed by atoms with van der Waals surface area (Å²) in [6.45, 7) is 0.888. The first-order valence-electron chi connectivity index (χ1n) is 6.71. The van der Waals surface area contributed by atoms with Crippen molar-refractivity contribution < 1.29 is 0 Å². The molecule has 4 aliphatic carbocycles. The summed E-state index contributed by atoms with van der Waals surface area (Å²) in [5, 5.41) is 0. The first kappa shape index (κ1) is 13.0. The van der Waals surface area contributed by atoms with Crippen molar-refractivity contribution in [2.24, 2.45) is 39.6 Å². The molecule has 0 spiro atoms. The van der Waals surface area contributed by atoms with E-state index in [9.17, 15) is 0 Å². The summed E-state index contributed by atoms with van der Waals surface area (Å²) < 4.78 is 0. The highest BCUT2D eigenvalue weighted by molar-refractivity contribution is 5.85. The van der Waals surface area contributed by atoms with Crippen LogP contribution in [0.1, 0.15) is 44.9 Å². The Kier molecular flexibility index (Phi) is 3.58. The Bertz CT molecular complexity index is 296. The molecule has 3 nitrogen and oxygen atoms in total. The lowest BCUT2D eigenvalue weighted by molar-refractivity contribution is 0.0426. The summed E-state index contributed by atoms with van der Waals surface area (Å²) in [7, 11) is 0. The van der Waals surface area contributed by atoms with E-state index in [-0.39, 0.29) is 18.4 Å². The van der Waals surface area contributed by atoms with Gasteiger partial charge in [0.1, 0.15) is 0 Å². The predicted octanol–water partition coefficient (Wildman–Crippen LogP) is 2.29. The van der Waals surface area contributed by atoms with Gasteiger partial charge < -0.3 is 11.5 Å². The molecule has 0 radical (unpaired) electrons. The minimum atomic E-state index is 0. The third-order valence-electron chi connectivity index (χ3n) is 5.08. The van der Waals surface area contributed by atoms with E-state index in [0.29, 0.717) is 5.41 Å². The van der Waals surface area contributed by atoms with Crippen molar-refractivity contribution in [3.05, 3.63) is 0 Å². The molecule has 4 N–H and O–H groups in total. The largest absolute Gasteiger partial charge is 0.370 e. The zero-order valence-corrected chi connectivity index (χ0v) is 11.2. The second-order valence-electron chi connectivity index (χ2n) is 6.50. The zero-order valence-electron chi connectivity index (χ0n) is 10.4. The van der Waals surface area contributed by atoms with Crippen molar-refractivity contribution >= 4 is 18.4 Å². The molecular formula is C13H24ClN3. The topological polar surface area (TPSA) is 64.4 Å². The number of hydrogen-bond acceptors (Lipinski definition) is 1. The van der Waals surface area contributed by atoms with Gasteiger partial charge in [0.05, 0.1) is 0 Å². The van der Waals surface area contributed by atoms with Crippen LogP contribution >= 0.6 is 12.4 Å². The monoisotopic (exact) mass is 257 g/mol. The van der Waals surface area contributed by atoms with Crippen molar-refractivity contribution in [2.75, 3.05) is 6.54 Å². The fraction of sp³-hybridized carbons (Fsp3) is 0.923. The van der Waals surface area contributed by atoms with Gasteiger partial charge in [-0.05, 0) is 55.3 Å². The number of hydrogen-bond donors (Lipinski definition) is 2. The van der Waals surface area contributed by atoms with Crippen molar-refractivity contribution in [1.29, 1.82) is 0 Å². The highest BCUT2D eigenvalue weighted by Crippen LogP contribution is 2.57. The average Bonchev–Trinajstić information content (AvgIpc) is 2.42. The molecule has 0 heterocycles. The smallest absolute Gasteiger partial charge is 0.185 e. The lowest BCUT2D eigenvalue weighted by Gasteiger charge is -2.47. The van der Waals surface area contributed by atoms with Crippen LogP contribution in [0.2, 0.25) is 0 Å².